The maximum atomic E-state index is 12.0. The van der Waals surface area contributed by atoms with Crippen molar-refractivity contribution in [3.63, 3.8) is 0 Å². The smallest absolute Gasteiger partial charge is 0.286 e. The summed E-state index contributed by atoms with van der Waals surface area (Å²) in [6, 6.07) is 1.23. The Labute approximate surface area is 125 Å². The van der Waals surface area contributed by atoms with Crippen LogP contribution in [0.3, 0.4) is 0 Å². The van der Waals surface area contributed by atoms with Crippen LogP contribution < -0.4 is 5.56 Å². The number of halogens is 1. The SMILES string of the molecule is CC(C)(C)C(CS)Cn1cc([N+](=O)[O-])cc(Br)c1=O. The molecule has 0 aliphatic carbocycles. The fourth-order valence-corrected chi connectivity index (χ4v) is 2.79. The van der Waals surface area contributed by atoms with Gasteiger partial charge in [-0.25, -0.2) is 0 Å². The highest BCUT2D eigenvalue weighted by molar-refractivity contribution is 9.10. The van der Waals surface area contributed by atoms with Crippen molar-refractivity contribution in [1.29, 1.82) is 0 Å². The first-order chi connectivity index (χ1) is 8.66. The predicted molar refractivity (Wildman–Crippen MR) is 81.9 cm³/mol. The zero-order valence-electron chi connectivity index (χ0n) is 11.1. The molecule has 1 unspecified atom stereocenters. The van der Waals surface area contributed by atoms with Crippen molar-refractivity contribution in [3.8, 4) is 0 Å². The van der Waals surface area contributed by atoms with Crippen molar-refractivity contribution >= 4 is 34.2 Å². The van der Waals surface area contributed by atoms with Crippen LogP contribution in [0.1, 0.15) is 20.8 Å². The quantitative estimate of drug-likeness (QED) is 0.516. The van der Waals surface area contributed by atoms with E-state index in [0.717, 1.165) is 0 Å². The van der Waals surface area contributed by atoms with Gasteiger partial charge in [0.25, 0.3) is 11.2 Å². The van der Waals surface area contributed by atoms with E-state index in [1.54, 1.807) is 0 Å². The second-order valence-corrected chi connectivity index (χ2v) is 6.73. The Morgan fingerprint density at radius 3 is 2.53 bits per heavy atom. The normalized spacial score (nSPS) is 13.3. The van der Waals surface area contributed by atoms with E-state index in [0.29, 0.717) is 12.3 Å². The monoisotopic (exact) mass is 348 g/mol. The minimum Gasteiger partial charge on any atom is -0.308 e. The van der Waals surface area contributed by atoms with Crippen molar-refractivity contribution in [1.82, 2.24) is 4.57 Å². The lowest BCUT2D eigenvalue weighted by Gasteiger charge is -2.29. The molecule has 1 aromatic heterocycles. The molecule has 0 aliphatic rings. The molecule has 0 amide bonds. The van der Waals surface area contributed by atoms with E-state index >= 15 is 0 Å². The molecule has 0 aromatic carbocycles. The Bertz CT molecular complexity index is 537. The molecule has 0 fully saturated rings. The van der Waals surface area contributed by atoms with Gasteiger partial charge in [-0.15, -0.1) is 0 Å². The molecule has 1 aromatic rings. The fourth-order valence-electron chi connectivity index (χ4n) is 1.66. The van der Waals surface area contributed by atoms with Crippen LogP contribution in [-0.4, -0.2) is 15.2 Å². The summed E-state index contributed by atoms with van der Waals surface area (Å²) in [5.74, 6) is 0.749. The Hall–Kier alpha value is -0.820. The number of pyridine rings is 1. The minimum atomic E-state index is -0.506. The third kappa shape index (κ3) is 4.07. The molecule has 0 radical (unpaired) electrons. The summed E-state index contributed by atoms with van der Waals surface area (Å²) in [6.07, 6.45) is 1.29. The summed E-state index contributed by atoms with van der Waals surface area (Å²) in [7, 11) is 0. The van der Waals surface area contributed by atoms with E-state index in [9.17, 15) is 14.9 Å². The highest BCUT2D eigenvalue weighted by Crippen LogP contribution is 2.28. The van der Waals surface area contributed by atoms with E-state index < -0.39 is 4.92 Å². The van der Waals surface area contributed by atoms with E-state index in [2.05, 4.69) is 49.3 Å². The molecule has 0 saturated heterocycles. The van der Waals surface area contributed by atoms with Gasteiger partial charge in [-0.2, -0.15) is 12.6 Å². The molecular formula is C12H17BrN2O3S. The maximum Gasteiger partial charge on any atom is 0.286 e. The molecule has 0 aliphatic heterocycles. The van der Waals surface area contributed by atoms with Crippen LogP contribution in [-0.2, 0) is 6.54 Å². The second kappa shape index (κ2) is 6.09. The zero-order chi connectivity index (χ0) is 14.8. The van der Waals surface area contributed by atoms with Gasteiger partial charge in [-0.05, 0) is 33.0 Å². The zero-order valence-corrected chi connectivity index (χ0v) is 13.6. The van der Waals surface area contributed by atoms with Gasteiger partial charge in [-0.1, -0.05) is 20.8 Å². The number of nitrogens with zero attached hydrogens (tertiary/aromatic N) is 2. The Kier molecular flexibility index (Phi) is 5.20. The third-order valence-corrected chi connectivity index (χ3v) is 4.11. The highest BCUT2D eigenvalue weighted by atomic mass is 79.9. The maximum absolute atomic E-state index is 12.0. The Morgan fingerprint density at radius 2 is 2.11 bits per heavy atom. The van der Waals surface area contributed by atoms with E-state index in [-0.39, 0.29) is 27.1 Å². The number of aromatic nitrogens is 1. The van der Waals surface area contributed by atoms with Crippen molar-refractivity contribution in [2.45, 2.75) is 27.3 Å². The van der Waals surface area contributed by atoms with E-state index in [1.807, 2.05) is 0 Å². The summed E-state index contributed by atoms with van der Waals surface area (Å²) < 4.78 is 1.59. The molecule has 0 N–H and O–H groups in total. The van der Waals surface area contributed by atoms with Crippen LogP contribution in [0.15, 0.2) is 21.5 Å². The molecule has 19 heavy (non-hydrogen) atoms. The van der Waals surface area contributed by atoms with Crippen LogP contribution in [0.4, 0.5) is 5.69 Å². The summed E-state index contributed by atoms with van der Waals surface area (Å²) in [5.41, 5.74) is -0.391. The van der Waals surface area contributed by atoms with Crippen LogP contribution in [0.2, 0.25) is 0 Å². The summed E-state index contributed by atoms with van der Waals surface area (Å²) in [5, 5.41) is 10.8. The first-order valence-electron chi connectivity index (χ1n) is 5.82. The van der Waals surface area contributed by atoms with Crippen molar-refractivity contribution in [3.05, 3.63) is 37.2 Å². The van der Waals surface area contributed by atoms with Crippen LogP contribution >= 0.6 is 28.6 Å². The van der Waals surface area contributed by atoms with Crippen LogP contribution in [0.5, 0.6) is 0 Å². The van der Waals surface area contributed by atoms with Gasteiger partial charge in [0, 0.05) is 12.6 Å². The Balaban J connectivity index is 3.20. The first kappa shape index (κ1) is 16.2. The molecule has 0 bridgehead atoms. The number of thiol groups is 1. The van der Waals surface area contributed by atoms with Gasteiger partial charge in [0.05, 0.1) is 15.6 Å². The summed E-state index contributed by atoms with van der Waals surface area (Å²) in [4.78, 5) is 22.3. The van der Waals surface area contributed by atoms with Crippen LogP contribution in [0.25, 0.3) is 0 Å². The average Bonchev–Trinajstić information content (AvgIpc) is 2.28. The van der Waals surface area contributed by atoms with Gasteiger partial charge in [0.15, 0.2) is 0 Å². The first-order valence-corrected chi connectivity index (χ1v) is 7.24. The average molecular weight is 349 g/mol. The van der Waals surface area contributed by atoms with Gasteiger partial charge in [-0.3, -0.25) is 14.9 Å². The molecule has 0 spiro atoms. The van der Waals surface area contributed by atoms with Gasteiger partial charge in [0.1, 0.15) is 0 Å². The van der Waals surface area contributed by atoms with Gasteiger partial charge >= 0.3 is 0 Å². The van der Waals surface area contributed by atoms with Crippen molar-refractivity contribution in [2.75, 3.05) is 5.75 Å². The van der Waals surface area contributed by atoms with E-state index in [4.69, 9.17) is 0 Å². The lowest BCUT2D eigenvalue weighted by molar-refractivity contribution is -0.385. The minimum absolute atomic E-state index is 0.0295. The lowest BCUT2D eigenvalue weighted by Crippen LogP contribution is -2.32. The molecule has 106 valence electrons. The molecule has 0 saturated carbocycles. The fraction of sp³-hybridized carbons (Fsp3) is 0.583. The lowest BCUT2D eigenvalue weighted by atomic mass is 9.82. The molecule has 1 heterocycles. The molecular weight excluding hydrogens is 332 g/mol. The second-order valence-electron chi connectivity index (χ2n) is 5.51. The molecule has 7 heteroatoms. The predicted octanol–water partition coefficient (Wildman–Crippen LogP) is 3.11. The van der Waals surface area contributed by atoms with Crippen LogP contribution in [0, 0.1) is 21.4 Å². The highest BCUT2D eigenvalue weighted by Gasteiger charge is 2.25. The topological polar surface area (TPSA) is 65.1 Å². The Morgan fingerprint density at radius 1 is 1.53 bits per heavy atom. The molecule has 5 nitrogen and oxygen atoms in total. The summed E-state index contributed by atoms with van der Waals surface area (Å²) >= 11 is 7.38. The van der Waals surface area contributed by atoms with Gasteiger partial charge in [0.2, 0.25) is 0 Å². The van der Waals surface area contributed by atoms with Gasteiger partial charge < -0.3 is 4.57 Å². The standard InChI is InChI=1S/C12H17BrN2O3S/c1-12(2,3)8(7-19)5-14-6-9(15(17)18)4-10(13)11(14)16/h4,6,8,19H,5,7H2,1-3H3. The van der Waals surface area contributed by atoms with Crippen molar-refractivity contribution in [2.24, 2.45) is 11.3 Å². The van der Waals surface area contributed by atoms with E-state index in [1.165, 1.54) is 16.8 Å². The summed E-state index contributed by atoms with van der Waals surface area (Å²) in [6.45, 7) is 6.59. The third-order valence-electron chi connectivity index (χ3n) is 3.10. The largest absolute Gasteiger partial charge is 0.308 e. The number of hydrogen-bond acceptors (Lipinski definition) is 4. The number of rotatable bonds is 4. The number of hydrogen-bond donors (Lipinski definition) is 1. The van der Waals surface area contributed by atoms with Crippen molar-refractivity contribution < 1.29 is 4.92 Å². The molecule has 1 atom stereocenters. The number of nitro groups is 1. The molecule has 1 rings (SSSR count).